The molecule has 0 atom stereocenters. The van der Waals surface area contributed by atoms with Crippen LogP contribution in [0.2, 0.25) is 0 Å². The third-order valence-electron chi connectivity index (χ3n) is 10.1. The van der Waals surface area contributed by atoms with Gasteiger partial charge in [-0.25, -0.2) is 4.98 Å². The molecule has 2 aromatic heterocycles. The highest BCUT2D eigenvalue weighted by molar-refractivity contribution is 6.06. The van der Waals surface area contributed by atoms with Crippen LogP contribution in [-0.2, 0) is 5.41 Å². The Kier molecular flexibility index (Phi) is 5.59. The number of aromatic nitrogens is 1. The first-order valence-corrected chi connectivity index (χ1v) is 16.4. The van der Waals surface area contributed by atoms with Gasteiger partial charge in [0, 0.05) is 50.3 Å². The van der Waals surface area contributed by atoms with E-state index in [0.717, 1.165) is 66.4 Å². The number of benzene rings is 7. The van der Waals surface area contributed by atoms with Crippen molar-refractivity contribution in [2.75, 3.05) is 4.90 Å². The quantitative estimate of drug-likeness (QED) is 0.197. The summed E-state index contributed by atoms with van der Waals surface area (Å²) < 4.78 is 12.7. The van der Waals surface area contributed by atoms with E-state index in [1.807, 2.05) is 30.3 Å². The molecule has 48 heavy (non-hydrogen) atoms. The lowest BCUT2D eigenvalue weighted by Gasteiger charge is -2.28. The Bertz CT molecular complexity index is 2710. The molecule has 4 nitrogen and oxygen atoms in total. The van der Waals surface area contributed by atoms with Crippen molar-refractivity contribution in [3.8, 4) is 22.6 Å². The second-order valence-electron chi connectivity index (χ2n) is 13.2. The molecule has 0 fully saturated rings. The van der Waals surface area contributed by atoms with Gasteiger partial charge >= 0.3 is 0 Å². The van der Waals surface area contributed by atoms with Gasteiger partial charge in [-0.3, -0.25) is 0 Å². The van der Waals surface area contributed by atoms with Crippen molar-refractivity contribution in [2.45, 2.75) is 19.3 Å². The molecule has 0 N–H and O–H groups in total. The van der Waals surface area contributed by atoms with Gasteiger partial charge in [-0.2, -0.15) is 0 Å². The number of hydrogen-bond acceptors (Lipinski definition) is 4. The van der Waals surface area contributed by atoms with Gasteiger partial charge in [0.1, 0.15) is 16.7 Å². The summed E-state index contributed by atoms with van der Waals surface area (Å²) in [6.45, 7) is 4.65. The van der Waals surface area contributed by atoms with Crippen molar-refractivity contribution >= 4 is 60.9 Å². The standard InChI is InChI=1S/C44H30N2O2/c1-44(2)37-13-7-5-11-33(37)34-22-20-30(25-38(34)44)46(31-21-23-36-35-12-6-8-14-40(35)47-41(36)26-31)29-18-15-28(16-19-29)43-45-39-24-17-27-9-3-4-10-32(27)42(39)48-43/h3-26H,1-2H3. The van der Waals surface area contributed by atoms with Gasteiger partial charge in [0.05, 0.1) is 0 Å². The first-order chi connectivity index (χ1) is 23.5. The number of rotatable bonds is 4. The lowest BCUT2D eigenvalue weighted by atomic mass is 9.82. The van der Waals surface area contributed by atoms with Crippen LogP contribution in [0.15, 0.2) is 154 Å². The van der Waals surface area contributed by atoms with E-state index in [9.17, 15) is 0 Å². The minimum atomic E-state index is -0.114. The molecule has 0 bridgehead atoms. The maximum absolute atomic E-state index is 6.38. The molecule has 4 heteroatoms. The Morgan fingerprint density at radius 3 is 2.10 bits per heavy atom. The summed E-state index contributed by atoms with van der Waals surface area (Å²) in [5, 5.41) is 4.44. The second kappa shape index (κ2) is 9.93. The van der Waals surface area contributed by atoms with Gasteiger partial charge in [-0.15, -0.1) is 0 Å². The molecule has 0 saturated carbocycles. The van der Waals surface area contributed by atoms with Crippen molar-refractivity contribution in [2.24, 2.45) is 0 Å². The Morgan fingerprint density at radius 2 is 1.21 bits per heavy atom. The number of oxazole rings is 1. The maximum Gasteiger partial charge on any atom is 0.227 e. The van der Waals surface area contributed by atoms with Crippen LogP contribution in [-0.4, -0.2) is 4.98 Å². The minimum Gasteiger partial charge on any atom is -0.456 e. The number of nitrogens with zero attached hydrogens (tertiary/aromatic N) is 2. The van der Waals surface area contributed by atoms with E-state index in [2.05, 4.69) is 134 Å². The summed E-state index contributed by atoms with van der Waals surface area (Å²) in [6.07, 6.45) is 0. The summed E-state index contributed by atoms with van der Waals surface area (Å²) in [5.41, 5.74) is 12.7. The predicted molar refractivity (Wildman–Crippen MR) is 196 cm³/mol. The van der Waals surface area contributed by atoms with Crippen molar-refractivity contribution in [1.29, 1.82) is 0 Å². The van der Waals surface area contributed by atoms with E-state index in [1.54, 1.807) is 0 Å². The summed E-state index contributed by atoms with van der Waals surface area (Å²) >= 11 is 0. The largest absolute Gasteiger partial charge is 0.456 e. The summed E-state index contributed by atoms with van der Waals surface area (Å²) in [6, 6.07) is 51.3. The van der Waals surface area contributed by atoms with Crippen LogP contribution in [0.3, 0.4) is 0 Å². The van der Waals surface area contributed by atoms with Crippen LogP contribution in [0.4, 0.5) is 17.1 Å². The number of anilines is 3. The van der Waals surface area contributed by atoms with Crippen LogP contribution < -0.4 is 4.90 Å². The number of hydrogen-bond donors (Lipinski definition) is 0. The van der Waals surface area contributed by atoms with Gasteiger partial charge in [0.25, 0.3) is 0 Å². The highest BCUT2D eigenvalue weighted by atomic mass is 16.3. The van der Waals surface area contributed by atoms with Gasteiger partial charge in [0.15, 0.2) is 5.58 Å². The highest BCUT2D eigenvalue weighted by Gasteiger charge is 2.35. The van der Waals surface area contributed by atoms with Gasteiger partial charge in [-0.05, 0) is 88.3 Å². The van der Waals surface area contributed by atoms with Crippen LogP contribution in [0.25, 0.3) is 66.4 Å². The van der Waals surface area contributed by atoms with E-state index in [0.29, 0.717) is 5.89 Å². The third kappa shape index (κ3) is 3.93. The normalized spacial score (nSPS) is 13.4. The molecule has 0 amide bonds. The molecule has 0 radical (unpaired) electrons. The van der Waals surface area contributed by atoms with Crippen LogP contribution in [0.1, 0.15) is 25.0 Å². The van der Waals surface area contributed by atoms with Crippen molar-refractivity contribution in [3.05, 3.63) is 157 Å². The van der Waals surface area contributed by atoms with Crippen molar-refractivity contribution in [3.63, 3.8) is 0 Å². The van der Waals surface area contributed by atoms with Crippen LogP contribution >= 0.6 is 0 Å². The van der Waals surface area contributed by atoms with Crippen LogP contribution in [0.5, 0.6) is 0 Å². The average Bonchev–Trinajstić information content (AvgIpc) is 3.80. The van der Waals surface area contributed by atoms with Crippen molar-refractivity contribution < 1.29 is 8.83 Å². The zero-order chi connectivity index (χ0) is 32.0. The fraction of sp³-hybridized carbons (Fsp3) is 0.0682. The number of para-hydroxylation sites is 1. The van der Waals surface area contributed by atoms with Crippen molar-refractivity contribution in [1.82, 2.24) is 4.98 Å². The lowest BCUT2D eigenvalue weighted by Crippen LogP contribution is -2.16. The van der Waals surface area contributed by atoms with E-state index in [-0.39, 0.29) is 5.41 Å². The number of furan rings is 1. The maximum atomic E-state index is 6.38. The fourth-order valence-electron chi connectivity index (χ4n) is 7.66. The topological polar surface area (TPSA) is 42.4 Å². The molecule has 9 aromatic rings. The lowest BCUT2D eigenvalue weighted by molar-refractivity contribution is 0.623. The van der Waals surface area contributed by atoms with E-state index >= 15 is 0 Å². The Balaban J connectivity index is 1.12. The summed E-state index contributed by atoms with van der Waals surface area (Å²) in [4.78, 5) is 7.18. The monoisotopic (exact) mass is 618 g/mol. The molecule has 1 aliphatic carbocycles. The van der Waals surface area contributed by atoms with E-state index in [1.165, 1.54) is 22.3 Å². The summed E-state index contributed by atoms with van der Waals surface area (Å²) in [7, 11) is 0. The molecule has 7 aromatic carbocycles. The zero-order valence-electron chi connectivity index (χ0n) is 26.6. The first-order valence-electron chi connectivity index (χ1n) is 16.4. The minimum absolute atomic E-state index is 0.114. The van der Waals surface area contributed by atoms with Gasteiger partial charge < -0.3 is 13.7 Å². The third-order valence-corrected chi connectivity index (χ3v) is 10.1. The Hall–Kier alpha value is -6.13. The van der Waals surface area contributed by atoms with E-state index < -0.39 is 0 Å². The molecule has 228 valence electrons. The van der Waals surface area contributed by atoms with Gasteiger partial charge in [0.2, 0.25) is 5.89 Å². The highest BCUT2D eigenvalue weighted by Crippen LogP contribution is 2.51. The molecule has 1 aliphatic rings. The Morgan fingerprint density at radius 1 is 0.521 bits per heavy atom. The average molecular weight is 619 g/mol. The van der Waals surface area contributed by atoms with E-state index in [4.69, 9.17) is 13.8 Å². The zero-order valence-corrected chi connectivity index (χ0v) is 26.6. The molecule has 0 aliphatic heterocycles. The molecule has 2 heterocycles. The SMILES string of the molecule is CC1(C)c2ccccc2-c2ccc(N(c3ccc(-c4nc5ccc6ccccc6c5o4)cc3)c3ccc4c(c3)oc3ccccc34)cc21. The molecule has 10 rings (SSSR count). The predicted octanol–water partition coefficient (Wildman–Crippen LogP) is 12.3. The smallest absolute Gasteiger partial charge is 0.227 e. The Labute approximate surface area is 277 Å². The van der Waals surface area contributed by atoms with Gasteiger partial charge in [-0.1, -0.05) is 92.7 Å². The molecule has 0 saturated heterocycles. The molecule has 0 spiro atoms. The second-order valence-corrected chi connectivity index (χ2v) is 13.2. The first kappa shape index (κ1) is 27.0. The summed E-state index contributed by atoms with van der Waals surface area (Å²) in [5.74, 6) is 0.611. The van der Waals surface area contributed by atoms with Crippen LogP contribution in [0, 0.1) is 0 Å². The fourth-order valence-corrected chi connectivity index (χ4v) is 7.66. The number of fused-ring (bicyclic) bond motifs is 9. The molecule has 0 unspecified atom stereocenters. The molecular weight excluding hydrogens is 588 g/mol. The molecular formula is C44H30N2O2.